The van der Waals surface area contributed by atoms with Crippen LogP contribution in [0.25, 0.3) is 0 Å². The fraction of sp³-hybridized carbons (Fsp3) is 0.778. The zero-order chi connectivity index (χ0) is 8.74. The van der Waals surface area contributed by atoms with E-state index in [1.54, 1.807) is 0 Å². The summed E-state index contributed by atoms with van der Waals surface area (Å²) in [5.41, 5.74) is -0.00139. The van der Waals surface area contributed by atoms with Crippen molar-refractivity contribution in [2.75, 3.05) is 13.2 Å². The molecule has 0 fully saturated rings. The van der Waals surface area contributed by atoms with Gasteiger partial charge in [0.15, 0.2) is 0 Å². The fourth-order valence-corrected chi connectivity index (χ4v) is 0.740. The molecule has 0 aromatic heterocycles. The van der Waals surface area contributed by atoms with Gasteiger partial charge < -0.3 is 10.4 Å². The van der Waals surface area contributed by atoms with Crippen LogP contribution in [0.3, 0.4) is 0 Å². The predicted molar refractivity (Wildman–Crippen MR) is 47.2 cm³/mol. The van der Waals surface area contributed by atoms with Crippen molar-refractivity contribution in [1.82, 2.24) is 5.32 Å². The van der Waals surface area contributed by atoms with E-state index < -0.39 is 0 Å². The maximum absolute atomic E-state index is 8.68. The Morgan fingerprint density at radius 3 is 2.55 bits per heavy atom. The van der Waals surface area contributed by atoms with Gasteiger partial charge in [-0.25, -0.2) is 0 Å². The van der Waals surface area contributed by atoms with Crippen LogP contribution in [-0.4, -0.2) is 23.8 Å². The van der Waals surface area contributed by atoms with Gasteiger partial charge in [0, 0.05) is 12.1 Å². The molecule has 2 heteroatoms. The van der Waals surface area contributed by atoms with Crippen LogP contribution in [0.15, 0.2) is 0 Å². The summed E-state index contributed by atoms with van der Waals surface area (Å²) in [5, 5.41) is 11.9. The summed E-state index contributed by atoms with van der Waals surface area (Å²) < 4.78 is 0. The summed E-state index contributed by atoms with van der Waals surface area (Å²) >= 11 is 0. The first-order chi connectivity index (χ1) is 5.12. The molecule has 0 unspecified atom stereocenters. The van der Waals surface area contributed by atoms with Crippen molar-refractivity contribution in [1.29, 1.82) is 0 Å². The van der Waals surface area contributed by atoms with Gasteiger partial charge in [-0.2, -0.15) is 0 Å². The Morgan fingerprint density at radius 1 is 1.45 bits per heavy atom. The van der Waals surface area contributed by atoms with Crippen molar-refractivity contribution in [3.63, 3.8) is 0 Å². The minimum Gasteiger partial charge on any atom is -0.396 e. The molecule has 0 saturated carbocycles. The molecule has 0 aliphatic carbocycles. The van der Waals surface area contributed by atoms with Crippen LogP contribution >= 0.6 is 0 Å². The first-order valence-electron chi connectivity index (χ1n) is 3.88. The minimum absolute atomic E-state index is 0.00139. The van der Waals surface area contributed by atoms with Gasteiger partial charge in [-0.3, -0.25) is 0 Å². The predicted octanol–water partition coefficient (Wildman–Crippen LogP) is 0.760. The molecular weight excluding hydrogens is 138 g/mol. The molecule has 0 spiro atoms. The van der Waals surface area contributed by atoms with Crippen LogP contribution < -0.4 is 5.32 Å². The first-order valence-corrected chi connectivity index (χ1v) is 3.88. The van der Waals surface area contributed by atoms with E-state index in [0.717, 1.165) is 6.42 Å². The van der Waals surface area contributed by atoms with E-state index in [1.165, 1.54) is 0 Å². The van der Waals surface area contributed by atoms with Crippen LogP contribution in [0.1, 0.15) is 27.2 Å². The summed E-state index contributed by atoms with van der Waals surface area (Å²) in [6, 6.07) is 0. The van der Waals surface area contributed by atoms with E-state index in [2.05, 4.69) is 31.0 Å². The van der Waals surface area contributed by atoms with E-state index in [1.807, 2.05) is 6.92 Å². The number of hydrogen-bond acceptors (Lipinski definition) is 2. The van der Waals surface area contributed by atoms with Gasteiger partial charge in [0.2, 0.25) is 0 Å². The molecule has 0 bridgehead atoms. The van der Waals surface area contributed by atoms with E-state index >= 15 is 0 Å². The molecule has 0 aliphatic heterocycles. The van der Waals surface area contributed by atoms with E-state index in [-0.39, 0.29) is 12.1 Å². The second-order valence-corrected chi connectivity index (χ2v) is 3.14. The monoisotopic (exact) mass is 155 g/mol. The van der Waals surface area contributed by atoms with Gasteiger partial charge in [-0.1, -0.05) is 5.92 Å². The van der Waals surface area contributed by atoms with Gasteiger partial charge in [0.25, 0.3) is 0 Å². The minimum atomic E-state index is -0.00139. The molecule has 2 N–H and O–H groups in total. The second kappa shape index (κ2) is 5.17. The van der Waals surface area contributed by atoms with Gasteiger partial charge in [0.1, 0.15) is 0 Å². The lowest BCUT2D eigenvalue weighted by Gasteiger charge is -2.23. The van der Waals surface area contributed by atoms with E-state index in [9.17, 15) is 0 Å². The van der Waals surface area contributed by atoms with Gasteiger partial charge in [-0.15, -0.1) is 5.92 Å². The Kier molecular flexibility index (Phi) is 4.93. The lowest BCUT2D eigenvalue weighted by Crippen LogP contribution is -2.40. The molecule has 0 saturated heterocycles. The molecule has 2 nitrogen and oxygen atoms in total. The molecular formula is C9H17NO. The summed E-state index contributed by atoms with van der Waals surface area (Å²) in [6.07, 6.45) is 0.762. The third kappa shape index (κ3) is 5.90. The highest BCUT2D eigenvalue weighted by molar-refractivity contribution is 4.98. The van der Waals surface area contributed by atoms with Gasteiger partial charge in [-0.05, 0) is 27.2 Å². The van der Waals surface area contributed by atoms with Crippen LogP contribution in [0, 0.1) is 11.8 Å². The zero-order valence-corrected chi connectivity index (χ0v) is 7.57. The lowest BCUT2D eigenvalue weighted by atomic mass is 10.0. The van der Waals surface area contributed by atoms with E-state index in [0.29, 0.717) is 6.54 Å². The molecule has 0 radical (unpaired) electrons. The van der Waals surface area contributed by atoms with Crippen LogP contribution in [0.4, 0.5) is 0 Å². The Balaban J connectivity index is 3.59. The summed E-state index contributed by atoms with van der Waals surface area (Å²) in [7, 11) is 0. The van der Waals surface area contributed by atoms with Crippen molar-refractivity contribution in [2.45, 2.75) is 32.7 Å². The molecule has 0 atom stereocenters. The molecule has 0 aliphatic rings. The highest BCUT2D eigenvalue weighted by Gasteiger charge is 2.14. The Morgan fingerprint density at radius 2 is 2.09 bits per heavy atom. The third-order valence-corrected chi connectivity index (χ3v) is 1.57. The number of aliphatic hydroxyl groups is 1. The van der Waals surface area contributed by atoms with Crippen LogP contribution in [0.5, 0.6) is 0 Å². The average Bonchev–Trinajstić information content (AvgIpc) is 1.87. The maximum Gasteiger partial charge on any atom is 0.0580 e. The van der Waals surface area contributed by atoms with Crippen LogP contribution in [0.2, 0.25) is 0 Å². The van der Waals surface area contributed by atoms with Crippen molar-refractivity contribution in [3.8, 4) is 11.8 Å². The first kappa shape index (κ1) is 10.5. The molecule has 0 rings (SSSR count). The smallest absolute Gasteiger partial charge is 0.0580 e. The normalized spacial score (nSPS) is 10.5. The number of nitrogens with one attached hydrogen (secondary N) is 1. The molecule has 0 heterocycles. The topological polar surface area (TPSA) is 32.3 Å². The number of rotatable bonds is 4. The molecule has 0 amide bonds. The SMILES string of the molecule is CC#CCNC(C)(C)CCO. The van der Waals surface area contributed by atoms with Crippen molar-refractivity contribution in [3.05, 3.63) is 0 Å². The van der Waals surface area contributed by atoms with Gasteiger partial charge in [0.05, 0.1) is 6.54 Å². The maximum atomic E-state index is 8.68. The zero-order valence-electron chi connectivity index (χ0n) is 7.57. The third-order valence-electron chi connectivity index (χ3n) is 1.57. The summed E-state index contributed by atoms with van der Waals surface area (Å²) in [5.74, 6) is 5.73. The summed E-state index contributed by atoms with van der Waals surface area (Å²) in [6.45, 7) is 6.85. The quantitative estimate of drug-likeness (QED) is 0.587. The molecule has 0 aromatic rings. The lowest BCUT2D eigenvalue weighted by molar-refractivity contribution is 0.235. The largest absolute Gasteiger partial charge is 0.396 e. The van der Waals surface area contributed by atoms with E-state index in [4.69, 9.17) is 5.11 Å². The average molecular weight is 155 g/mol. The Labute approximate surface area is 69.0 Å². The molecule has 0 aromatic carbocycles. The fourth-order valence-electron chi connectivity index (χ4n) is 0.740. The van der Waals surface area contributed by atoms with Crippen LogP contribution in [-0.2, 0) is 0 Å². The molecule has 11 heavy (non-hydrogen) atoms. The van der Waals surface area contributed by atoms with Crippen molar-refractivity contribution in [2.24, 2.45) is 0 Å². The van der Waals surface area contributed by atoms with Crippen molar-refractivity contribution < 1.29 is 5.11 Å². The summed E-state index contributed by atoms with van der Waals surface area (Å²) in [4.78, 5) is 0. The number of aliphatic hydroxyl groups excluding tert-OH is 1. The second-order valence-electron chi connectivity index (χ2n) is 3.14. The number of hydrogen-bond donors (Lipinski definition) is 2. The molecule has 64 valence electrons. The standard InChI is InChI=1S/C9H17NO/c1-4-5-7-10-9(2,3)6-8-11/h10-11H,6-8H2,1-3H3. The highest BCUT2D eigenvalue weighted by Crippen LogP contribution is 2.05. The van der Waals surface area contributed by atoms with Crippen molar-refractivity contribution >= 4 is 0 Å². The Bertz CT molecular complexity index is 153. The van der Waals surface area contributed by atoms with Gasteiger partial charge >= 0.3 is 0 Å². The Hall–Kier alpha value is -0.520. The highest BCUT2D eigenvalue weighted by atomic mass is 16.3.